The summed E-state index contributed by atoms with van der Waals surface area (Å²) in [5.74, 6) is 1.76. The smallest absolute Gasteiger partial charge is 0.155 e. The predicted molar refractivity (Wildman–Crippen MR) is 109 cm³/mol. The van der Waals surface area contributed by atoms with Gasteiger partial charge < -0.3 is 0 Å². The second-order valence-electron chi connectivity index (χ2n) is 8.36. The molecule has 0 saturated heterocycles. The second-order valence-corrected chi connectivity index (χ2v) is 11.6. The summed E-state index contributed by atoms with van der Waals surface area (Å²) in [6, 6.07) is 7.62. The van der Waals surface area contributed by atoms with Crippen LogP contribution in [-0.2, 0) is 9.84 Å². The summed E-state index contributed by atoms with van der Waals surface area (Å²) >= 11 is 6.06. The van der Waals surface area contributed by atoms with Gasteiger partial charge in [-0.3, -0.25) is 4.99 Å². The minimum atomic E-state index is -3.05. The molecule has 1 aromatic carbocycles. The summed E-state index contributed by atoms with van der Waals surface area (Å²) in [5, 5.41) is 0.689. The van der Waals surface area contributed by atoms with Crippen molar-refractivity contribution < 1.29 is 8.42 Å². The molecule has 0 N–H and O–H groups in total. The average Bonchev–Trinajstić information content (AvgIpc) is 3.04. The van der Waals surface area contributed by atoms with Gasteiger partial charge in [0.2, 0.25) is 0 Å². The molecule has 1 aliphatic heterocycles. The molecule has 4 nitrogen and oxygen atoms in total. The van der Waals surface area contributed by atoms with Gasteiger partial charge in [0.1, 0.15) is 0 Å². The Kier molecular flexibility index (Phi) is 5.59. The van der Waals surface area contributed by atoms with Crippen molar-refractivity contribution in [1.82, 2.24) is 0 Å². The lowest BCUT2D eigenvalue weighted by atomic mass is 9.80. The molecule has 6 heteroatoms. The fourth-order valence-corrected chi connectivity index (χ4v) is 5.23. The van der Waals surface area contributed by atoms with Gasteiger partial charge >= 0.3 is 0 Å². The van der Waals surface area contributed by atoms with Crippen LogP contribution in [-0.4, -0.2) is 37.0 Å². The van der Waals surface area contributed by atoms with Crippen molar-refractivity contribution >= 4 is 33.0 Å². The largest absolute Gasteiger partial charge is 0.260 e. The maximum absolute atomic E-state index is 12.4. The zero-order valence-corrected chi connectivity index (χ0v) is 17.3. The highest BCUT2D eigenvalue weighted by atomic mass is 35.5. The van der Waals surface area contributed by atoms with Gasteiger partial charge in [0.05, 0.1) is 17.0 Å². The van der Waals surface area contributed by atoms with E-state index in [0.29, 0.717) is 23.2 Å². The number of sulfone groups is 1. The van der Waals surface area contributed by atoms with E-state index in [-0.39, 0.29) is 5.92 Å². The lowest BCUT2D eigenvalue weighted by Crippen LogP contribution is -2.35. The first-order chi connectivity index (χ1) is 12.2. The van der Waals surface area contributed by atoms with E-state index in [0.717, 1.165) is 42.8 Å². The molecule has 2 aliphatic rings. The number of hydrogen-bond donors (Lipinski definition) is 0. The van der Waals surface area contributed by atoms with Gasteiger partial charge in [-0.2, -0.15) is 0 Å². The zero-order chi connectivity index (χ0) is 18.9. The Bertz CT molecular complexity index is 830. The summed E-state index contributed by atoms with van der Waals surface area (Å²) in [5.41, 5.74) is 2.09. The van der Waals surface area contributed by atoms with E-state index in [1.165, 1.54) is 0 Å². The molecule has 3 rings (SSSR count). The minimum Gasteiger partial charge on any atom is -0.260 e. The monoisotopic (exact) mass is 394 g/mol. The zero-order valence-electron chi connectivity index (χ0n) is 15.7. The van der Waals surface area contributed by atoms with Crippen LogP contribution in [0.5, 0.6) is 0 Å². The van der Waals surface area contributed by atoms with Crippen LogP contribution < -0.4 is 0 Å². The quantitative estimate of drug-likeness (QED) is 0.751. The molecule has 1 saturated carbocycles. The summed E-state index contributed by atoms with van der Waals surface area (Å²) in [6.45, 7) is 6.01. The van der Waals surface area contributed by atoms with Crippen molar-refractivity contribution in [2.45, 2.75) is 51.2 Å². The van der Waals surface area contributed by atoms with Gasteiger partial charge in [0.15, 0.2) is 15.7 Å². The Morgan fingerprint density at radius 1 is 1.15 bits per heavy atom. The molecular weight excluding hydrogens is 368 g/mol. The van der Waals surface area contributed by atoms with Crippen LogP contribution in [0.2, 0.25) is 5.02 Å². The molecule has 0 aromatic heterocycles. The Hall–Kier alpha value is -1.20. The van der Waals surface area contributed by atoms with Crippen molar-refractivity contribution in [1.29, 1.82) is 0 Å². The molecule has 1 aliphatic carbocycles. The first-order valence-electron chi connectivity index (χ1n) is 9.26. The van der Waals surface area contributed by atoms with E-state index in [2.05, 4.69) is 4.99 Å². The molecule has 0 bridgehead atoms. The van der Waals surface area contributed by atoms with Crippen LogP contribution in [0.15, 0.2) is 34.3 Å². The SMILES string of the molecule is CC(C)(C)S(=O)(=O)CC1CCC(C2=NC(c3cccc(Cl)c3)=NC2)CC1. The van der Waals surface area contributed by atoms with Crippen LogP contribution in [0.4, 0.5) is 0 Å². The minimum absolute atomic E-state index is 0.269. The molecular formula is C20H27ClN2O2S. The van der Waals surface area contributed by atoms with Crippen molar-refractivity contribution in [2.75, 3.05) is 12.3 Å². The number of amidine groups is 1. The van der Waals surface area contributed by atoms with Crippen molar-refractivity contribution in [2.24, 2.45) is 21.8 Å². The summed E-state index contributed by atoms with van der Waals surface area (Å²) in [4.78, 5) is 9.32. The summed E-state index contributed by atoms with van der Waals surface area (Å²) in [6.07, 6.45) is 3.90. The normalized spacial score (nSPS) is 24.3. The Morgan fingerprint density at radius 3 is 2.46 bits per heavy atom. The van der Waals surface area contributed by atoms with Gasteiger partial charge in [-0.1, -0.05) is 23.7 Å². The lowest BCUT2D eigenvalue weighted by Gasteiger charge is -2.30. The molecule has 0 atom stereocenters. The van der Waals surface area contributed by atoms with Crippen molar-refractivity contribution in [3.05, 3.63) is 34.9 Å². The Morgan fingerprint density at radius 2 is 1.85 bits per heavy atom. The molecule has 0 spiro atoms. The van der Waals surface area contributed by atoms with Crippen molar-refractivity contribution in [3.63, 3.8) is 0 Å². The van der Waals surface area contributed by atoms with Gasteiger partial charge in [-0.05, 0) is 70.4 Å². The third-order valence-corrected chi connectivity index (χ3v) is 8.44. The third-order valence-electron chi connectivity index (χ3n) is 5.43. The highest BCUT2D eigenvalue weighted by molar-refractivity contribution is 7.92. The number of aliphatic imine (C=N–C) groups is 2. The fraction of sp³-hybridized carbons (Fsp3) is 0.600. The fourth-order valence-electron chi connectivity index (χ4n) is 3.59. The number of benzene rings is 1. The van der Waals surface area contributed by atoms with Gasteiger partial charge in [0.25, 0.3) is 0 Å². The van der Waals surface area contributed by atoms with E-state index < -0.39 is 14.6 Å². The van der Waals surface area contributed by atoms with Gasteiger partial charge in [0, 0.05) is 16.3 Å². The number of rotatable bonds is 4. The van der Waals surface area contributed by atoms with Crippen LogP contribution >= 0.6 is 11.6 Å². The molecule has 26 heavy (non-hydrogen) atoms. The van der Waals surface area contributed by atoms with Crippen LogP contribution in [0.1, 0.15) is 52.0 Å². The van der Waals surface area contributed by atoms with Gasteiger partial charge in [-0.15, -0.1) is 0 Å². The first-order valence-corrected chi connectivity index (χ1v) is 11.3. The van der Waals surface area contributed by atoms with E-state index >= 15 is 0 Å². The van der Waals surface area contributed by atoms with E-state index in [9.17, 15) is 8.42 Å². The van der Waals surface area contributed by atoms with Crippen LogP contribution in [0.25, 0.3) is 0 Å². The highest BCUT2D eigenvalue weighted by Gasteiger charge is 2.34. The molecule has 142 valence electrons. The molecule has 1 heterocycles. The molecule has 0 radical (unpaired) electrons. The summed E-state index contributed by atoms with van der Waals surface area (Å²) < 4.78 is 24.2. The van der Waals surface area contributed by atoms with Crippen LogP contribution in [0, 0.1) is 11.8 Å². The molecule has 0 unspecified atom stereocenters. The second kappa shape index (κ2) is 7.43. The number of hydrogen-bond acceptors (Lipinski definition) is 4. The third kappa shape index (κ3) is 4.37. The Labute approximate surface area is 161 Å². The molecule has 1 fully saturated rings. The Balaban J connectivity index is 1.59. The van der Waals surface area contributed by atoms with Gasteiger partial charge in [-0.25, -0.2) is 13.4 Å². The highest BCUT2D eigenvalue weighted by Crippen LogP contribution is 2.33. The topological polar surface area (TPSA) is 58.9 Å². The standard InChI is InChI=1S/C20H27ClN2O2S/c1-20(2,3)26(24,25)13-14-7-9-15(10-8-14)18-12-22-19(23-18)16-5-4-6-17(21)11-16/h4-6,11,14-15H,7-10,12-13H2,1-3H3. The number of halogens is 1. The van der Waals surface area contributed by atoms with E-state index in [1.54, 1.807) is 20.8 Å². The van der Waals surface area contributed by atoms with Crippen molar-refractivity contribution in [3.8, 4) is 0 Å². The first kappa shape index (κ1) is 19.6. The maximum atomic E-state index is 12.4. The lowest BCUT2D eigenvalue weighted by molar-refractivity contribution is 0.342. The average molecular weight is 395 g/mol. The molecule has 0 amide bonds. The van der Waals surface area contributed by atoms with Crippen LogP contribution in [0.3, 0.4) is 0 Å². The molecule has 1 aromatic rings. The van der Waals surface area contributed by atoms with E-state index in [1.807, 2.05) is 24.3 Å². The predicted octanol–water partition coefficient (Wildman–Crippen LogP) is 4.56. The maximum Gasteiger partial charge on any atom is 0.155 e. The number of nitrogens with zero attached hydrogens (tertiary/aromatic N) is 2. The van der Waals surface area contributed by atoms with E-state index in [4.69, 9.17) is 16.6 Å². The summed E-state index contributed by atoms with van der Waals surface area (Å²) in [7, 11) is -3.05.